The van der Waals surface area contributed by atoms with Crippen LogP contribution in [0.15, 0.2) is 479 Å². The topological polar surface area (TPSA) is 59.0 Å². The number of furan rings is 4. The number of anilines is 6. The molecule has 0 fully saturated rings. The van der Waals surface area contributed by atoms with Crippen molar-refractivity contribution in [3.05, 3.63) is 461 Å². The van der Waals surface area contributed by atoms with Crippen LogP contribution in [0.4, 0.5) is 34.1 Å². The molecule has 6 nitrogen and oxygen atoms in total. The highest BCUT2D eigenvalue weighted by atomic mass is 16.3. The summed E-state index contributed by atoms with van der Waals surface area (Å²) in [5, 5.41) is 12.8. The molecule has 0 radical (unpaired) electrons. The quantitative estimate of drug-likeness (QED) is 0.0961. The molecule has 0 unspecified atom stereocenters. The van der Waals surface area contributed by atoms with Gasteiger partial charge in [0.15, 0.2) is 0 Å². The number of fused-ring (bicyclic) bond motifs is 16. The van der Waals surface area contributed by atoms with E-state index in [-0.39, 0.29) is 0 Å². The lowest BCUT2D eigenvalue weighted by atomic mass is 9.91. The summed E-state index contributed by atoms with van der Waals surface area (Å²) in [5.74, 6) is 0. The zero-order chi connectivity index (χ0) is 84.3. The van der Waals surface area contributed by atoms with Gasteiger partial charge in [0.25, 0.3) is 0 Å². The molecule has 21 aromatic carbocycles. The molecule has 25 aromatic rings. The van der Waals surface area contributed by atoms with E-state index in [2.05, 4.69) is 459 Å². The average Bonchev–Trinajstić information content (AvgIpc) is 1.58. The lowest BCUT2D eigenvalue weighted by Gasteiger charge is -2.28. The van der Waals surface area contributed by atoms with E-state index in [1.807, 2.05) is 12.1 Å². The molecule has 4 heterocycles. The van der Waals surface area contributed by atoms with Gasteiger partial charge < -0.3 is 27.5 Å². The second-order valence-electron chi connectivity index (χ2n) is 33.2. The molecule has 0 saturated carbocycles. The Morgan fingerprint density at radius 1 is 0.141 bits per heavy atom. The summed E-state index contributed by atoms with van der Waals surface area (Å²) in [5.41, 5.74) is 35.2. The molecule has 0 saturated heterocycles. The van der Waals surface area contributed by atoms with Gasteiger partial charge in [0.2, 0.25) is 0 Å². The Bertz CT molecular complexity index is 8660. The van der Waals surface area contributed by atoms with E-state index in [0.29, 0.717) is 0 Å². The molecule has 0 N–H and O–H groups in total. The predicted octanol–water partition coefficient (Wildman–Crippen LogP) is 35.2. The minimum atomic E-state index is 0.810. The van der Waals surface area contributed by atoms with Crippen molar-refractivity contribution >= 4 is 143 Å². The van der Waals surface area contributed by atoms with Crippen molar-refractivity contribution in [2.45, 2.75) is 0 Å². The SMILES string of the molecule is c1ccc(-c2ccc(-c3ccc(N(c4ccc(-c5cccc6c5oc5ccc(-c7cccc8c7ccc7c8oc8cccc(-c9ccccc9N(c9ccc(-c%10ccc(-c%11ccccc%11)c(-c%11ccccc%11)c%10)cc9)c9ccc%10c(c9)oc9ccccc9%10)c87)cc56)cc4)c4ccccc4-c4cccc5oc6c7ccccc7ccc6c45)cc3)cc2-c2ccccc2)cc1. The van der Waals surface area contributed by atoms with Crippen LogP contribution in [0.2, 0.25) is 0 Å². The van der Waals surface area contributed by atoms with Crippen LogP contribution in [0, 0.1) is 0 Å². The molecule has 0 amide bonds. The second kappa shape index (κ2) is 30.5. The van der Waals surface area contributed by atoms with Crippen molar-refractivity contribution in [2.24, 2.45) is 0 Å². The molecule has 6 heteroatoms. The Kier molecular flexibility index (Phi) is 17.5. The first-order valence-electron chi connectivity index (χ1n) is 43.6. The van der Waals surface area contributed by atoms with Crippen LogP contribution in [0.1, 0.15) is 0 Å². The molecule has 4 aromatic heterocycles. The van der Waals surface area contributed by atoms with Gasteiger partial charge in [-0.25, -0.2) is 0 Å². The Balaban J connectivity index is 0.564. The van der Waals surface area contributed by atoms with Crippen LogP contribution in [0.25, 0.3) is 221 Å². The lowest BCUT2D eigenvalue weighted by Crippen LogP contribution is -2.11. The van der Waals surface area contributed by atoms with Crippen molar-refractivity contribution in [2.75, 3.05) is 9.80 Å². The van der Waals surface area contributed by atoms with Crippen molar-refractivity contribution < 1.29 is 17.7 Å². The summed E-state index contributed by atoms with van der Waals surface area (Å²) >= 11 is 0. The first kappa shape index (κ1) is 73.6. The van der Waals surface area contributed by atoms with Gasteiger partial charge in [-0.2, -0.15) is 0 Å². The van der Waals surface area contributed by atoms with Gasteiger partial charge in [0.1, 0.15) is 44.7 Å². The van der Waals surface area contributed by atoms with Crippen LogP contribution in [-0.4, -0.2) is 0 Å². The van der Waals surface area contributed by atoms with Crippen molar-refractivity contribution in [3.63, 3.8) is 0 Å². The highest BCUT2D eigenvalue weighted by molar-refractivity contribution is 6.23. The molecule has 0 spiro atoms. The van der Waals surface area contributed by atoms with Crippen molar-refractivity contribution in [1.82, 2.24) is 0 Å². The normalized spacial score (nSPS) is 11.8. The summed E-state index contributed by atoms with van der Waals surface area (Å²) in [6, 6.07) is 166. The molecule has 0 atom stereocenters. The summed E-state index contributed by atoms with van der Waals surface area (Å²) in [7, 11) is 0. The fraction of sp³-hybridized carbons (Fsp3) is 0. The molecule has 0 aliphatic heterocycles. The first-order valence-corrected chi connectivity index (χ1v) is 43.6. The first-order chi connectivity index (χ1) is 63.5. The fourth-order valence-corrected chi connectivity index (χ4v) is 19.9. The van der Waals surface area contributed by atoms with Crippen LogP contribution in [0.5, 0.6) is 0 Å². The number of nitrogens with zero attached hydrogens (tertiary/aromatic N) is 2. The maximum atomic E-state index is 7.19. The van der Waals surface area contributed by atoms with Gasteiger partial charge in [0, 0.05) is 99.4 Å². The molecule has 0 aliphatic rings. The zero-order valence-corrected chi connectivity index (χ0v) is 69.4. The molecule has 0 bridgehead atoms. The minimum absolute atomic E-state index is 0.810. The standard InChI is InChI=1S/C122H76N2O4/c1-5-25-79(26-6-1)93-66-56-85(73-108(93)81-29-9-3-10-30-81)77-49-59-88(60-50-77)123(111-44-18-15-35-98(111)102-40-23-47-115-118(102)106-68-55-83-33-13-14-34-95(83)121(106)127-115)89-63-53-84(54-64-89)96-39-22-43-105-110-75-87(58-72-114(110)126-120(96)105)92-38-21-42-104-97(92)70-71-107-119-103(41-24-48-116(119)128-122(104)107)99-36-16-19-45-112(99)124(91-65-69-101-100-37-17-20-46-113(100)125-117(101)76-91)90-61-51-78(52-62-90)86-57-67-94(80-27-7-2-8-28-80)109(74-86)82-31-11-4-12-32-82/h1-76H. The van der Waals surface area contributed by atoms with Crippen LogP contribution in [-0.2, 0) is 0 Å². The molecule has 128 heavy (non-hydrogen) atoms. The molecular weight excluding hydrogens is 1560 g/mol. The largest absolute Gasteiger partial charge is 0.456 e. The smallest absolute Gasteiger partial charge is 0.143 e. The maximum absolute atomic E-state index is 7.19. The number of para-hydroxylation sites is 4. The van der Waals surface area contributed by atoms with E-state index >= 15 is 0 Å². The third-order valence-electron chi connectivity index (χ3n) is 25.9. The maximum Gasteiger partial charge on any atom is 0.143 e. The average molecular weight is 1630 g/mol. The molecule has 25 rings (SSSR count). The monoisotopic (exact) mass is 1630 g/mol. The third-order valence-corrected chi connectivity index (χ3v) is 25.9. The highest BCUT2D eigenvalue weighted by Gasteiger charge is 2.27. The van der Waals surface area contributed by atoms with Crippen LogP contribution >= 0.6 is 0 Å². The fourth-order valence-electron chi connectivity index (χ4n) is 19.9. The van der Waals surface area contributed by atoms with E-state index in [4.69, 9.17) is 17.7 Å². The van der Waals surface area contributed by atoms with E-state index in [9.17, 15) is 0 Å². The molecular formula is C122H76N2O4. The van der Waals surface area contributed by atoms with E-state index in [1.54, 1.807) is 0 Å². The van der Waals surface area contributed by atoms with Crippen molar-refractivity contribution in [3.8, 4) is 111 Å². The van der Waals surface area contributed by atoms with Crippen LogP contribution < -0.4 is 9.80 Å². The van der Waals surface area contributed by atoms with Crippen molar-refractivity contribution in [1.29, 1.82) is 0 Å². The zero-order valence-electron chi connectivity index (χ0n) is 69.4. The highest BCUT2D eigenvalue weighted by Crippen LogP contribution is 2.52. The van der Waals surface area contributed by atoms with Gasteiger partial charge in [-0.1, -0.05) is 340 Å². The Labute approximate surface area is 738 Å². The lowest BCUT2D eigenvalue weighted by molar-refractivity contribution is 0.669. The number of benzene rings is 21. The van der Waals surface area contributed by atoms with Gasteiger partial charge in [-0.05, 0) is 221 Å². The van der Waals surface area contributed by atoms with E-state index < -0.39 is 0 Å². The summed E-state index contributed by atoms with van der Waals surface area (Å²) in [6.07, 6.45) is 0. The summed E-state index contributed by atoms with van der Waals surface area (Å²) in [6.45, 7) is 0. The molecule has 598 valence electrons. The Morgan fingerprint density at radius 2 is 0.508 bits per heavy atom. The van der Waals surface area contributed by atoms with E-state index in [1.165, 1.54) is 44.5 Å². The van der Waals surface area contributed by atoms with E-state index in [0.717, 1.165) is 210 Å². The number of hydrogen-bond acceptors (Lipinski definition) is 6. The number of hydrogen-bond donors (Lipinski definition) is 0. The summed E-state index contributed by atoms with van der Waals surface area (Å²) < 4.78 is 27.7. The van der Waals surface area contributed by atoms with Gasteiger partial charge in [-0.3, -0.25) is 0 Å². The van der Waals surface area contributed by atoms with Crippen LogP contribution in [0.3, 0.4) is 0 Å². The predicted molar refractivity (Wildman–Crippen MR) is 534 cm³/mol. The second-order valence-corrected chi connectivity index (χ2v) is 33.2. The minimum Gasteiger partial charge on any atom is -0.456 e. The van der Waals surface area contributed by atoms with Gasteiger partial charge in [-0.15, -0.1) is 0 Å². The Hall–Kier alpha value is -17.1. The number of rotatable bonds is 16. The molecule has 0 aliphatic carbocycles. The van der Waals surface area contributed by atoms with Gasteiger partial charge in [0.05, 0.1) is 11.4 Å². The van der Waals surface area contributed by atoms with Gasteiger partial charge >= 0.3 is 0 Å². The summed E-state index contributed by atoms with van der Waals surface area (Å²) in [4.78, 5) is 4.77. The Morgan fingerprint density at radius 3 is 1.09 bits per heavy atom. The third kappa shape index (κ3) is 12.5.